The summed E-state index contributed by atoms with van der Waals surface area (Å²) in [6.07, 6.45) is 4.46. The molecule has 1 aliphatic carbocycles. The van der Waals surface area contributed by atoms with E-state index in [-0.39, 0.29) is 5.38 Å². The molecule has 1 unspecified atom stereocenters. The van der Waals surface area contributed by atoms with Crippen LogP contribution in [0.2, 0.25) is 0 Å². The lowest BCUT2D eigenvalue weighted by molar-refractivity contribution is 0.148. The average molecular weight is 301 g/mol. The Kier molecular flexibility index (Phi) is 4.73. The third-order valence-corrected chi connectivity index (χ3v) is 5.28. The molecule has 1 fully saturated rings. The summed E-state index contributed by atoms with van der Waals surface area (Å²) in [6.45, 7) is 6.85. The van der Waals surface area contributed by atoms with Gasteiger partial charge in [-0.15, -0.1) is 11.6 Å². The second kappa shape index (κ2) is 6.01. The third-order valence-electron chi connectivity index (χ3n) is 4.67. The summed E-state index contributed by atoms with van der Waals surface area (Å²) in [5.41, 5.74) is 1.04. The van der Waals surface area contributed by atoms with Crippen molar-refractivity contribution in [2.45, 2.75) is 51.8 Å². The quantitative estimate of drug-likeness (QED) is 0.579. The van der Waals surface area contributed by atoms with Crippen LogP contribution in [-0.2, 0) is 0 Å². The zero-order chi connectivity index (χ0) is 14.9. The van der Waals surface area contributed by atoms with Gasteiger partial charge in [-0.05, 0) is 60.6 Å². The van der Waals surface area contributed by atoms with Crippen LogP contribution in [0.3, 0.4) is 0 Å². The van der Waals surface area contributed by atoms with E-state index >= 15 is 0 Å². The van der Waals surface area contributed by atoms with Crippen molar-refractivity contribution in [1.82, 2.24) is 0 Å². The maximum absolute atomic E-state index is 13.3. The fraction of sp³-hybridized carbons (Fsp3) is 0.647. The summed E-state index contributed by atoms with van der Waals surface area (Å²) >= 11 is 6.48. The Hall–Kier alpha value is -0.630. The van der Waals surface area contributed by atoms with Crippen LogP contribution in [-0.4, -0.2) is 0 Å². The van der Waals surface area contributed by atoms with Gasteiger partial charge < -0.3 is 0 Å². The first-order valence-corrected chi connectivity index (χ1v) is 7.81. The molecule has 1 aromatic rings. The van der Waals surface area contributed by atoms with Gasteiger partial charge in [0.05, 0.1) is 5.38 Å². The van der Waals surface area contributed by atoms with Gasteiger partial charge in [0, 0.05) is 0 Å². The molecule has 0 saturated heterocycles. The summed E-state index contributed by atoms with van der Waals surface area (Å²) in [7, 11) is 0. The average Bonchev–Trinajstić information content (AvgIpc) is 2.40. The van der Waals surface area contributed by atoms with Crippen molar-refractivity contribution in [3.63, 3.8) is 0 Å². The molecule has 0 amide bonds. The minimum atomic E-state index is -0.811. The monoisotopic (exact) mass is 300 g/mol. The van der Waals surface area contributed by atoms with Crippen molar-refractivity contribution in [1.29, 1.82) is 0 Å². The summed E-state index contributed by atoms with van der Waals surface area (Å²) in [5, 5.41) is -0.217. The predicted octanol–water partition coefficient (Wildman–Crippen LogP) is 6.10. The molecule has 0 spiro atoms. The summed E-state index contributed by atoms with van der Waals surface area (Å²) in [4.78, 5) is 0. The Bertz CT molecular complexity index is 457. The van der Waals surface area contributed by atoms with Crippen LogP contribution in [0.1, 0.15) is 57.4 Å². The highest BCUT2D eigenvalue weighted by atomic mass is 35.5. The van der Waals surface area contributed by atoms with Crippen molar-refractivity contribution in [3.05, 3.63) is 35.4 Å². The molecule has 0 bridgehead atoms. The fourth-order valence-corrected chi connectivity index (χ4v) is 3.62. The SMILES string of the molecule is CC(C)(C)C1CCC(C(Cl)c2ccc(F)c(F)c2)CC1. The van der Waals surface area contributed by atoms with Crippen molar-refractivity contribution >= 4 is 11.6 Å². The van der Waals surface area contributed by atoms with Gasteiger partial charge in [0.1, 0.15) is 0 Å². The molecule has 0 heterocycles. The molecule has 0 N–H and O–H groups in total. The number of rotatable bonds is 2. The molecule has 3 heteroatoms. The zero-order valence-electron chi connectivity index (χ0n) is 12.4. The van der Waals surface area contributed by atoms with Crippen LogP contribution in [0.4, 0.5) is 8.78 Å². The molecule has 1 aromatic carbocycles. The molecule has 20 heavy (non-hydrogen) atoms. The smallest absolute Gasteiger partial charge is 0.159 e. The van der Waals surface area contributed by atoms with E-state index in [9.17, 15) is 8.78 Å². The normalized spacial score (nSPS) is 25.5. The van der Waals surface area contributed by atoms with Gasteiger partial charge in [0.2, 0.25) is 0 Å². The van der Waals surface area contributed by atoms with Gasteiger partial charge in [-0.3, -0.25) is 0 Å². The minimum absolute atomic E-state index is 0.217. The molecule has 112 valence electrons. The van der Waals surface area contributed by atoms with E-state index in [1.165, 1.54) is 25.0 Å². The van der Waals surface area contributed by atoms with Crippen LogP contribution in [0.25, 0.3) is 0 Å². The first kappa shape index (κ1) is 15.8. The highest BCUT2D eigenvalue weighted by molar-refractivity contribution is 6.21. The van der Waals surface area contributed by atoms with E-state index < -0.39 is 11.6 Å². The number of hydrogen-bond acceptors (Lipinski definition) is 0. The molecule has 2 rings (SSSR count). The molecule has 0 nitrogen and oxygen atoms in total. The Balaban J connectivity index is 2.01. The maximum Gasteiger partial charge on any atom is 0.159 e. The van der Waals surface area contributed by atoms with Crippen molar-refractivity contribution in [2.75, 3.05) is 0 Å². The maximum atomic E-state index is 13.3. The number of benzene rings is 1. The van der Waals surface area contributed by atoms with Gasteiger partial charge in [0.25, 0.3) is 0 Å². The van der Waals surface area contributed by atoms with E-state index in [1.54, 1.807) is 6.07 Å². The summed E-state index contributed by atoms with van der Waals surface area (Å²) < 4.78 is 26.3. The highest BCUT2D eigenvalue weighted by Crippen LogP contribution is 2.45. The van der Waals surface area contributed by atoms with Crippen LogP contribution in [0.5, 0.6) is 0 Å². The van der Waals surface area contributed by atoms with Crippen molar-refractivity contribution in [2.24, 2.45) is 17.3 Å². The lowest BCUT2D eigenvalue weighted by atomic mass is 9.69. The molecule has 0 aromatic heterocycles. The van der Waals surface area contributed by atoms with Crippen molar-refractivity contribution < 1.29 is 8.78 Å². The lowest BCUT2D eigenvalue weighted by Crippen LogP contribution is -2.27. The van der Waals surface area contributed by atoms with Crippen LogP contribution in [0, 0.1) is 28.9 Å². The van der Waals surface area contributed by atoms with Gasteiger partial charge in [0.15, 0.2) is 11.6 Å². The Morgan fingerprint density at radius 3 is 2.15 bits per heavy atom. The van der Waals surface area contributed by atoms with Gasteiger partial charge in [-0.2, -0.15) is 0 Å². The number of alkyl halides is 1. The lowest BCUT2D eigenvalue weighted by Gasteiger charge is -2.38. The first-order chi connectivity index (χ1) is 9.29. The van der Waals surface area contributed by atoms with Gasteiger partial charge in [-0.25, -0.2) is 8.78 Å². The van der Waals surface area contributed by atoms with E-state index in [0.717, 1.165) is 18.8 Å². The molecule has 1 saturated carbocycles. The van der Waals surface area contributed by atoms with E-state index in [0.29, 0.717) is 16.9 Å². The van der Waals surface area contributed by atoms with Crippen LogP contribution >= 0.6 is 11.6 Å². The standard InChI is InChI=1S/C17H23ClF2/c1-17(2,3)13-7-4-11(5-8-13)16(18)12-6-9-14(19)15(20)10-12/h6,9-11,13,16H,4-5,7-8H2,1-3H3. The summed E-state index contributed by atoms with van der Waals surface area (Å²) in [5.74, 6) is -0.529. The molecule has 1 aliphatic rings. The zero-order valence-corrected chi connectivity index (χ0v) is 13.2. The molecule has 1 atom stereocenters. The first-order valence-electron chi connectivity index (χ1n) is 7.38. The van der Waals surface area contributed by atoms with Crippen LogP contribution in [0.15, 0.2) is 18.2 Å². The van der Waals surface area contributed by atoms with Crippen molar-refractivity contribution in [3.8, 4) is 0 Å². The second-order valence-electron chi connectivity index (χ2n) is 7.05. The Morgan fingerprint density at radius 2 is 1.65 bits per heavy atom. The molecule has 0 aliphatic heterocycles. The number of halogens is 3. The van der Waals surface area contributed by atoms with E-state index in [2.05, 4.69) is 20.8 Å². The second-order valence-corrected chi connectivity index (χ2v) is 7.52. The minimum Gasteiger partial charge on any atom is -0.204 e. The topological polar surface area (TPSA) is 0 Å². The van der Waals surface area contributed by atoms with E-state index in [4.69, 9.17) is 11.6 Å². The van der Waals surface area contributed by atoms with Gasteiger partial charge in [-0.1, -0.05) is 26.8 Å². The Labute approximate surface area is 125 Å². The number of hydrogen-bond donors (Lipinski definition) is 0. The fourth-order valence-electron chi connectivity index (χ4n) is 3.23. The Morgan fingerprint density at radius 1 is 1.05 bits per heavy atom. The third kappa shape index (κ3) is 3.52. The molecular formula is C17H23ClF2. The van der Waals surface area contributed by atoms with Crippen LogP contribution < -0.4 is 0 Å². The molecular weight excluding hydrogens is 278 g/mol. The summed E-state index contributed by atoms with van der Waals surface area (Å²) in [6, 6.07) is 4.01. The largest absolute Gasteiger partial charge is 0.204 e. The highest BCUT2D eigenvalue weighted by Gasteiger charge is 2.32. The van der Waals surface area contributed by atoms with Gasteiger partial charge >= 0.3 is 0 Å². The van der Waals surface area contributed by atoms with E-state index in [1.807, 2.05) is 0 Å². The predicted molar refractivity (Wildman–Crippen MR) is 79.9 cm³/mol. The molecule has 0 radical (unpaired) electrons.